The maximum absolute atomic E-state index is 9.56. The Bertz CT molecular complexity index is 388. The van der Waals surface area contributed by atoms with E-state index in [0.717, 1.165) is 11.3 Å². The van der Waals surface area contributed by atoms with E-state index in [0.29, 0.717) is 6.04 Å². The molecule has 1 aromatic heterocycles. The van der Waals surface area contributed by atoms with Crippen LogP contribution in [0.2, 0.25) is 0 Å². The van der Waals surface area contributed by atoms with E-state index in [9.17, 15) is 5.11 Å². The molecule has 0 aromatic carbocycles. The standard InChI is InChI=1S/C13H23N3O/c1-13(2,3)12-10(7-16(4)15-12)11(8-17)14-9-5-6-9/h7,9,11,14,17H,5-6,8H2,1-4H3. The molecule has 0 spiro atoms. The van der Waals surface area contributed by atoms with Gasteiger partial charge in [-0.05, 0) is 12.8 Å². The van der Waals surface area contributed by atoms with E-state index in [1.54, 1.807) is 0 Å². The highest BCUT2D eigenvalue weighted by Crippen LogP contribution is 2.30. The summed E-state index contributed by atoms with van der Waals surface area (Å²) in [4.78, 5) is 0. The van der Waals surface area contributed by atoms with Gasteiger partial charge in [0.25, 0.3) is 0 Å². The fourth-order valence-corrected chi connectivity index (χ4v) is 2.12. The molecule has 0 bridgehead atoms. The molecular formula is C13H23N3O. The molecule has 0 aliphatic heterocycles. The molecule has 17 heavy (non-hydrogen) atoms. The highest BCUT2D eigenvalue weighted by atomic mass is 16.3. The second-order valence-electron chi connectivity index (χ2n) is 6.03. The molecule has 1 unspecified atom stereocenters. The number of aryl methyl sites for hydroxylation is 1. The summed E-state index contributed by atoms with van der Waals surface area (Å²) < 4.78 is 1.84. The largest absolute Gasteiger partial charge is 0.394 e. The monoisotopic (exact) mass is 237 g/mol. The van der Waals surface area contributed by atoms with Crippen molar-refractivity contribution in [2.75, 3.05) is 6.61 Å². The van der Waals surface area contributed by atoms with Crippen molar-refractivity contribution >= 4 is 0 Å². The summed E-state index contributed by atoms with van der Waals surface area (Å²) in [6.07, 6.45) is 4.47. The topological polar surface area (TPSA) is 50.1 Å². The normalized spacial score (nSPS) is 18.4. The van der Waals surface area contributed by atoms with Crippen molar-refractivity contribution < 1.29 is 5.11 Å². The molecule has 4 heteroatoms. The summed E-state index contributed by atoms with van der Waals surface area (Å²) in [6.45, 7) is 6.60. The van der Waals surface area contributed by atoms with Gasteiger partial charge in [-0.2, -0.15) is 5.10 Å². The lowest BCUT2D eigenvalue weighted by atomic mass is 9.87. The molecule has 4 nitrogen and oxygen atoms in total. The Labute approximate surface area is 103 Å². The average Bonchev–Trinajstić information content (AvgIpc) is 2.95. The number of rotatable bonds is 4. The Balaban J connectivity index is 2.27. The number of hydrogen-bond acceptors (Lipinski definition) is 3. The molecule has 0 radical (unpaired) electrons. The summed E-state index contributed by atoms with van der Waals surface area (Å²) in [5.74, 6) is 0. The molecule has 1 fully saturated rings. The van der Waals surface area contributed by atoms with E-state index >= 15 is 0 Å². The van der Waals surface area contributed by atoms with E-state index in [1.807, 2.05) is 17.9 Å². The van der Waals surface area contributed by atoms with Gasteiger partial charge in [0.05, 0.1) is 18.3 Å². The summed E-state index contributed by atoms with van der Waals surface area (Å²) in [5.41, 5.74) is 2.22. The molecule has 96 valence electrons. The first-order valence-electron chi connectivity index (χ1n) is 6.32. The zero-order valence-electron chi connectivity index (χ0n) is 11.2. The fraction of sp³-hybridized carbons (Fsp3) is 0.769. The van der Waals surface area contributed by atoms with E-state index in [4.69, 9.17) is 0 Å². The van der Waals surface area contributed by atoms with Gasteiger partial charge in [0.1, 0.15) is 0 Å². The van der Waals surface area contributed by atoms with Gasteiger partial charge in [-0.3, -0.25) is 4.68 Å². The van der Waals surface area contributed by atoms with Crippen molar-refractivity contribution in [1.82, 2.24) is 15.1 Å². The first kappa shape index (κ1) is 12.6. The molecule has 0 saturated heterocycles. The minimum absolute atomic E-state index is 0.00917. The van der Waals surface area contributed by atoms with Crippen LogP contribution in [0.3, 0.4) is 0 Å². The number of nitrogens with zero attached hydrogens (tertiary/aromatic N) is 2. The van der Waals surface area contributed by atoms with Crippen molar-refractivity contribution in [3.63, 3.8) is 0 Å². The number of hydrogen-bond donors (Lipinski definition) is 2. The molecule has 1 aliphatic carbocycles. The molecule has 1 atom stereocenters. The lowest BCUT2D eigenvalue weighted by Gasteiger charge is -2.22. The molecular weight excluding hydrogens is 214 g/mol. The van der Waals surface area contributed by atoms with Crippen LogP contribution >= 0.6 is 0 Å². The molecule has 0 amide bonds. The quantitative estimate of drug-likeness (QED) is 0.834. The minimum atomic E-state index is 0.00917. The Kier molecular flexibility index (Phi) is 3.27. The number of aliphatic hydroxyl groups excluding tert-OH is 1. The molecule has 1 heterocycles. The van der Waals surface area contributed by atoms with Crippen LogP contribution in [0.1, 0.15) is 50.9 Å². The molecule has 1 aromatic rings. The van der Waals surface area contributed by atoms with Crippen molar-refractivity contribution in [1.29, 1.82) is 0 Å². The highest BCUT2D eigenvalue weighted by Gasteiger charge is 2.30. The summed E-state index contributed by atoms with van der Waals surface area (Å²) in [5, 5.41) is 17.6. The lowest BCUT2D eigenvalue weighted by Crippen LogP contribution is -2.28. The molecule has 2 N–H and O–H groups in total. The SMILES string of the molecule is Cn1cc(C(CO)NC2CC2)c(C(C)(C)C)n1. The zero-order valence-corrected chi connectivity index (χ0v) is 11.2. The predicted octanol–water partition coefficient (Wildman–Crippen LogP) is 1.50. The van der Waals surface area contributed by atoms with Crippen LogP contribution in [0.25, 0.3) is 0 Å². The summed E-state index contributed by atoms with van der Waals surface area (Å²) in [7, 11) is 1.93. The highest BCUT2D eigenvalue weighted by molar-refractivity contribution is 5.27. The van der Waals surface area contributed by atoms with E-state index < -0.39 is 0 Å². The Hall–Kier alpha value is -0.870. The Morgan fingerprint density at radius 1 is 1.53 bits per heavy atom. The second kappa shape index (κ2) is 4.42. The summed E-state index contributed by atoms with van der Waals surface area (Å²) in [6, 6.07) is 0.602. The van der Waals surface area contributed by atoms with Gasteiger partial charge < -0.3 is 10.4 Å². The third kappa shape index (κ3) is 2.87. The first-order valence-corrected chi connectivity index (χ1v) is 6.32. The van der Waals surface area contributed by atoms with Crippen molar-refractivity contribution in [2.45, 2.75) is 51.1 Å². The second-order valence-corrected chi connectivity index (χ2v) is 6.03. The minimum Gasteiger partial charge on any atom is -0.394 e. The van der Waals surface area contributed by atoms with Gasteiger partial charge in [0.2, 0.25) is 0 Å². The lowest BCUT2D eigenvalue weighted by molar-refractivity contribution is 0.242. The van der Waals surface area contributed by atoms with Gasteiger partial charge in [-0.15, -0.1) is 0 Å². The van der Waals surface area contributed by atoms with E-state index in [2.05, 4.69) is 31.2 Å². The van der Waals surface area contributed by atoms with Crippen molar-refractivity contribution in [3.8, 4) is 0 Å². The van der Waals surface area contributed by atoms with Gasteiger partial charge in [0, 0.05) is 30.3 Å². The number of nitrogens with one attached hydrogen (secondary N) is 1. The van der Waals surface area contributed by atoms with Crippen molar-refractivity contribution in [3.05, 3.63) is 17.5 Å². The maximum Gasteiger partial charge on any atom is 0.0726 e. The molecule has 2 rings (SSSR count). The number of aromatic nitrogens is 2. The zero-order chi connectivity index (χ0) is 12.6. The third-order valence-electron chi connectivity index (χ3n) is 3.14. The smallest absolute Gasteiger partial charge is 0.0726 e. The van der Waals surface area contributed by atoms with Gasteiger partial charge in [-0.25, -0.2) is 0 Å². The van der Waals surface area contributed by atoms with Gasteiger partial charge >= 0.3 is 0 Å². The predicted molar refractivity (Wildman–Crippen MR) is 67.9 cm³/mol. The first-order chi connectivity index (χ1) is 7.91. The van der Waals surface area contributed by atoms with Crippen LogP contribution < -0.4 is 5.32 Å². The average molecular weight is 237 g/mol. The number of aliphatic hydroxyl groups is 1. The molecule has 1 aliphatic rings. The van der Waals surface area contributed by atoms with Crippen LogP contribution in [0, 0.1) is 0 Å². The third-order valence-corrected chi connectivity index (χ3v) is 3.14. The molecule has 1 saturated carbocycles. The Morgan fingerprint density at radius 3 is 2.65 bits per heavy atom. The van der Waals surface area contributed by atoms with Gasteiger partial charge in [0.15, 0.2) is 0 Å². The van der Waals surface area contributed by atoms with Crippen LogP contribution in [-0.4, -0.2) is 27.5 Å². The van der Waals surface area contributed by atoms with Crippen LogP contribution in [0.4, 0.5) is 0 Å². The van der Waals surface area contributed by atoms with E-state index in [1.165, 1.54) is 12.8 Å². The van der Waals surface area contributed by atoms with Crippen LogP contribution in [0.15, 0.2) is 6.20 Å². The summed E-state index contributed by atoms with van der Waals surface area (Å²) >= 11 is 0. The Morgan fingerprint density at radius 2 is 2.18 bits per heavy atom. The van der Waals surface area contributed by atoms with Crippen LogP contribution in [0.5, 0.6) is 0 Å². The van der Waals surface area contributed by atoms with Gasteiger partial charge in [-0.1, -0.05) is 20.8 Å². The fourth-order valence-electron chi connectivity index (χ4n) is 2.12. The van der Waals surface area contributed by atoms with Crippen LogP contribution in [-0.2, 0) is 12.5 Å². The van der Waals surface area contributed by atoms with Crippen molar-refractivity contribution in [2.24, 2.45) is 7.05 Å². The van der Waals surface area contributed by atoms with E-state index in [-0.39, 0.29) is 18.1 Å². The maximum atomic E-state index is 9.56.